The second-order valence-corrected chi connectivity index (χ2v) is 6.92. The lowest BCUT2D eigenvalue weighted by Gasteiger charge is -1.99. The Morgan fingerprint density at radius 1 is 1.27 bits per heavy atom. The molecule has 1 aromatic carbocycles. The minimum Gasteiger partial charge on any atom is -0.550 e. The molecule has 0 unspecified atom stereocenters. The van der Waals surface area contributed by atoms with Crippen molar-refractivity contribution in [3.63, 3.8) is 0 Å². The van der Waals surface area contributed by atoms with Crippen molar-refractivity contribution in [3.05, 3.63) is 51.7 Å². The van der Waals surface area contributed by atoms with Crippen LogP contribution in [-0.4, -0.2) is 11.0 Å². The summed E-state index contributed by atoms with van der Waals surface area (Å²) >= 11 is 4.75. The molecule has 7 heteroatoms. The number of thiophene rings is 1. The van der Waals surface area contributed by atoms with Gasteiger partial charge in [-0.1, -0.05) is 0 Å². The highest BCUT2D eigenvalue weighted by Crippen LogP contribution is 2.36. The number of aromatic nitrogens is 1. The Morgan fingerprint density at radius 3 is 2.59 bits per heavy atom. The van der Waals surface area contributed by atoms with Crippen LogP contribution in [0.25, 0.3) is 22.1 Å². The lowest BCUT2D eigenvalue weighted by atomic mass is 10.2. The van der Waals surface area contributed by atoms with Crippen LogP contribution in [0.2, 0.25) is 0 Å². The molecule has 0 N–H and O–H groups in total. The maximum absolute atomic E-state index is 13.0. The smallest absolute Gasteiger partial charge is 0.227 e. The van der Waals surface area contributed by atoms with Gasteiger partial charge in [-0.15, -0.1) is 11.3 Å². The third-order valence-corrected chi connectivity index (χ3v) is 4.52. The number of hydrogen-bond donors (Lipinski definition) is 0. The van der Waals surface area contributed by atoms with Gasteiger partial charge in [-0.05, 0) is 52.3 Å². The summed E-state index contributed by atoms with van der Waals surface area (Å²) in [5.41, 5.74) is 0.858. The molecule has 0 atom stereocenters. The highest BCUT2D eigenvalue weighted by atomic mass is 79.9. The average molecular weight is 381 g/mol. The van der Waals surface area contributed by atoms with Gasteiger partial charge in [0.25, 0.3) is 0 Å². The van der Waals surface area contributed by atoms with E-state index in [1.165, 1.54) is 35.6 Å². The summed E-state index contributed by atoms with van der Waals surface area (Å²) in [4.78, 5) is 15.9. The number of oxazole rings is 1. The molecule has 0 fully saturated rings. The van der Waals surface area contributed by atoms with E-state index in [1.807, 2.05) is 12.1 Å². The van der Waals surface area contributed by atoms with Crippen LogP contribution in [0.5, 0.6) is 0 Å². The largest absolute Gasteiger partial charge is 0.550 e. The van der Waals surface area contributed by atoms with Gasteiger partial charge in [-0.3, -0.25) is 0 Å². The second kappa shape index (κ2) is 6.02. The van der Waals surface area contributed by atoms with E-state index in [-0.39, 0.29) is 23.8 Å². The Kier molecular flexibility index (Phi) is 4.08. The van der Waals surface area contributed by atoms with E-state index < -0.39 is 5.97 Å². The third kappa shape index (κ3) is 3.10. The number of benzene rings is 1. The van der Waals surface area contributed by atoms with Crippen molar-refractivity contribution >= 4 is 33.2 Å². The van der Waals surface area contributed by atoms with Crippen molar-refractivity contribution in [2.75, 3.05) is 0 Å². The van der Waals surface area contributed by atoms with Crippen molar-refractivity contribution < 1.29 is 18.7 Å². The summed E-state index contributed by atoms with van der Waals surface area (Å²) in [7, 11) is 0. The van der Waals surface area contributed by atoms with Crippen LogP contribution in [0.3, 0.4) is 0 Å². The molecule has 0 radical (unpaired) electrons. The average Bonchev–Trinajstić information content (AvgIpc) is 3.05. The van der Waals surface area contributed by atoms with Crippen LogP contribution >= 0.6 is 27.3 Å². The lowest BCUT2D eigenvalue weighted by Crippen LogP contribution is -2.24. The van der Waals surface area contributed by atoms with Gasteiger partial charge in [0.15, 0.2) is 5.76 Å². The van der Waals surface area contributed by atoms with Gasteiger partial charge >= 0.3 is 0 Å². The SMILES string of the molecule is O=C([O-])Cc1nc(-c2ccc(F)cc2)oc1-c1ccc(Br)s1. The minimum atomic E-state index is -1.24. The van der Waals surface area contributed by atoms with E-state index >= 15 is 0 Å². The maximum atomic E-state index is 13.0. The molecule has 0 aliphatic rings. The molecule has 3 aromatic rings. The number of aliphatic carboxylic acids is 1. The van der Waals surface area contributed by atoms with E-state index in [9.17, 15) is 14.3 Å². The van der Waals surface area contributed by atoms with E-state index in [1.54, 1.807) is 0 Å². The third-order valence-electron chi connectivity index (χ3n) is 2.90. The van der Waals surface area contributed by atoms with E-state index in [0.717, 1.165) is 8.66 Å². The summed E-state index contributed by atoms with van der Waals surface area (Å²) in [6.07, 6.45) is -0.352. The molecule has 2 heterocycles. The molecule has 3 rings (SSSR count). The first-order valence-corrected chi connectivity index (χ1v) is 7.85. The van der Waals surface area contributed by atoms with Gasteiger partial charge in [-0.2, -0.15) is 0 Å². The standard InChI is InChI=1S/C15H9BrFNO3S/c16-12-6-5-11(22-12)14-10(7-13(19)20)18-15(21-14)8-1-3-9(17)4-2-8/h1-6H,7H2,(H,19,20)/p-1. The molecule has 0 aliphatic heterocycles. The Hall–Kier alpha value is -1.99. The Balaban J connectivity index is 2.07. The summed E-state index contributed by atoms with van der Waals surface area (Å²) < 4.78 is 19.6. The van der Waals surface area contributed by atoms with Crippen LogP contribution in [0.1, 0.15) is 5.69 Å². The maximum Gasteiger partial charge on any atom is 0.227 e. The van der Waals surface area contributed by atoms with Gasteiger partial charge in [-0.25, -0.2) is 9.37 Å². The van der Waals surface area contributed by atoms with E-state index in [2.05, 4.69) is 20.9 Å². The predicted molar refractivity (Wildman–Crippen MR) is 81.6 cm³/mol. The fourth-order valence-electron chi connectivity index (χ4n) is 1.95. The molecule has 0 aliphatic carbocycles. The van der Waals surface area contributed by atoms with Crippen molar-refractivity contribution in [3.8, 4) is 22.1 Å². The number of nitrogens with zero attached hydrogens (tertiary/aromatic N) is 1. The molecule has 0 amide bonds. The van der Waals surface area contributed by atoms with Crippen molar-refractivity contribution in [2.24, 2.45) is 0 Å². The number of carbonyl (C=O) groups is 1. The number of carboxylic acid groups (broad SMARTS) is 1. The van der Waals surface area contributed by atoms with Gasteiger partial charge in [0.05, 0.1) is 14.4 Å². The van der Waals surface area contributed by atoms with Crippen molar-refractivity contribution in [1.82, 2.24) is 4.98 Å². The highest BCUT2D eigenvalue weighted by molar-refractivity contribution is 9.11. The van der Waals surface area contributed by atoms with E-state index in [0.29, 0.717) is 11.3 Å². The highest BCUT2D eigenvalue weighted by Gasteiger charge is 2.18. The lowest BCUT2D eigenvalue weighted by molar-refractivity contribution is -0.304. The summed E-state index contributed by atoms with van der Waals surface area (Å²) in [5.74, 6) is -0.974. The first kappa shape index (κ1) is 14.9. The molecular weight excluding hydrogens is 373 g/mol. The van der Waals surface area contributed by atoms with Crippen molar-refractivity contribution in [2.45, 2.75) is 6.42 Å². The zero-order chi connectivity index (χ0) is 15.7. The topological polar surface area (TPSA) is 66.2 Å². The number of halogens is 2. The Bertz CT molecular complexity index is 826. The monoisotopic (exact) mass is 380 g/mol. The number of carboxylic acids is 1. The van der Waals surface area contributed by atoms with E-state index in [4.69, 9.17) is 4.42 Å². The Labute approximate surface area is 137 Å². The molecule has 22 heavy (non-hydrogen) atoms. The normalized spacial score (nSPS) is 10.8. The molecule has 4 nitrogen and oxygen atoms in total. The van der Waals surface area contributed by atoms with Gasteiger partial charge in [0.2, 0.25) is 5.89 Å². The zero-order valence-corrected chi connectivity index (χ0v) is 13.4. The first-order valence-electron chi connectivity index (χ1n) is 6.24. The first-order chi connectivity index (χ1) is 10.5. The molecular formula is C15H8BrFNO3S-. The zero-order valence-electron chi connectivity index (χ0n) is 11.0. The number of carbonyl (C=O) groups excluding carboxylic acids is 1. The number of hydrogen-bond acceptors (Lipinski definition) is 5. The molecule has 0 spiro atoms. The van der Waals surface area contributed by atoms with Crippen LogP contribution in [0.4, 0.5) is 4.39 Å². The van der Waals surface area contributed by atoms with Crippen LogP contribution < -0.4 is 5.11 Å². The molecule has 0 saturated carbocycles. The number of rotatable bonds is 4. The molecule has 0 bridgehead atoms. The summed E-state index contributed by atoms with van der Waals surface area (Å²) in [6.45, 7) is 0. The van der Waals surface area contributed by atoms with Gasteiger partial charge in [0.1, 0.15) is 5.82 Å². The van der Waals surface area contributed by atoms with Crippen LogP contribution in [0, 0.1) is 5.82 Å². The molecule has 0 saturated heterocycles. The quantitative estimate of drug-likeness (QED) is 0.696. The fraction of sp³-hybridized carbons (Fsp3) is 0.0667. The molecule has 112 valence electrons. The van der Waals surface area contributed by atoms with Gasteiger partial charge in [0, 0.05) is 18.0 Å². The summed E-state index contributed by atoms with van der Waals surface area (Å²) in [6, 6.07) is 9.28. The fourth-order valence-corrected chi connectivity index (χ4v) is 3.34. The minimum absolute atomic E-state index is 0.246. The Morgan fingerprint density at radius 2 is 2.00 bits per heavy atom. The predicted octanol–water partition coefficient (Wildman–Crippen LogP) is 3.26. The summed E-state index contributed by atoms with van der Waals surface area (Å²) in [5, 5.41) is 10.9. The van der Waals surface area contributed by atoms with Crippen LogP contribution in [-0.2, 0) is 11.2 Å². The second-order valence-electron chi connectivity index (χ2n) is 4.45. The van der Waals surface area contributed by atoms with Gasteiger partial charge < -0.3 is 14.3 Å². The molecule has 2 aromatic heterocycles. The van der Waals surface area contributed by atoms with Crippen molar-refractivity contribution in [1.29, 1.82) is 0 Å². The van der Waals surface area contributed by atoms with Crippen LogP contribution in [0.15, 0.2) is 44.6 Å².